The number of para-hydroxylation sites is 2. The molecule has 2 aromatic rings. The summed E-state index contributed by atoms with van der Waals surface area (Å²) in [7, 11) is 1.78. The average molecular weight is 295 g/mol. The fourth-order valence-electron chi connectivity index (χ4n) is 4.39. The monoisotopic (exact) mass is 295 g/mol. The maximum atomic E-state index is 12.8. The highest BCUT2D eigenvalue weighted by Gasteiger charge is 2.49. The summed E-state index contributed by atoms with van der Waals surface area (Å²) >= 11 is 0. The van der Waals surface area contributed by atoms with Crippen LogP contribution in [0, 0.1) is 11.8 Å². The van der Waals surface area contributed by atoms with Crippen molar-refractivity contribution in [2.75, 3.05) is 0 Å². The number of aromatic nitrogens is 2. The fraction of sp³-hybridized carbons (Fsp3) is 0.500. The zero-order valence-corrected chi connectivity index (χ0v) is 12.4. The molecule has 2 saturated carbocycles. The number of nitrogens with zero attached hydrogens (tertiary/aromatic N) is 5. The summed E-state index contributed by atoms with van der Waals surface area (Å²) < 4.78 is 1.66. The predicted octanol–water partition coefficient (Wildman–Crippen LogP) is 3.13. The lowest BCUT2D eigenvalue weighted by Crippen LogP contribution is -2.33. The van der Waals surface area contributed by atoms with Crippen molar-refractivity contribution in [2.45, 2.75) is 31.2 Å². The molecule has 0 radical (unpaired) electrons. The van der Waals surface area contributed by atoms with E-state index in [9.17, 15) is 4.79 Å². The number of fused-ring (bicyclic) bond motifs is 3. The van der Waals surface area contributed by atoms with E-state index in [0.29, 0.717) is 17.5 Å². The van der Waals surface area contributed by atoms with Gasteiger partial charge in [0.05, 0.1) is 11.0 Å². The van der Waals surface area contributed by atoms with Crippen molar-refractivity contribution < 1.29 is 0 Å². The Hall–Kier alpha value is -2.33. The number of benzene rings is 1. The largest absolute Gasteiger partial charge is 0.308 e. The Kier molecular flexibility index (Phi) is 2.94. The summed E-state index contributed by atoms with van der Waals surface area (Å²) in [5, 5.41) is 4.01. The molecule has 112 valence electrons. The Morgan fingerprint density at radius 1 is 1.32 bits per heavy atom. The first-order valence-corrected chi connectivity index (χ1v) is 7.70. The first kappa shape index (κ1) is 13.3. The first-order chi connectivity index (χ1) is 10.7. The second kappa shape index (κ2) is 4.85. The van der Waals surface area contributed by atoms with Crippen molar-refractivity contribution in [1.82, 2.24) is 9.55 Å². The zero-order chi connectivity index (χ0) is 15.3. The molecule has 2 aliphatic carbocycles. The van der Waals surface area contributed by atoms with Gasteiger partial charge >= 0.3 is 0 Å². The minimum absolute atomic E-state index is 0.0297. The van der Waals surface area contributed by atoms with Gasteiger partial charge in [-0.3, -0.25) is 4.79 Å². The predicted molar refractivity (Wildman–Crippen MR) is 83.5 cm³/mol. The van der Waals surface area contributed by atoms with E-state index < -0.39 is 0 Å². The van der Waals surface area contributed by atoms with E-state index in [1.165, 1.54) is 0 Å². The standard InChI is InChI=1S/C16H17N5O/c1-21-12-5-3-2-4-11(12)18-15(16(21)22)13-9-6-7-10(8-9)14(13)19-20-17/h2-5,9-10,13-14H,6-8H2,1H3/t9-,10+,13-,14-/m1/s1. The number of hydrogen-bond acceptors (Lipinski definition) is 3. The highest BCUT2D eigenvalue weighted by Crippen LogP contribution is 2.53. The summed E-state index contributed by atoms with van der Waals surface area (Å²) in [6, 6.07) is 7.54. The van der Waals surface area contributed by atoms with Gasteiger partial charge < -0.3 is 4.57 Å². The SMILES string of the molecule is Cn1c(=O)c([C@@H]2[C@@H]3CC[C@@H](C3)[C@H]2N=[N+]=[N-])nc2ccccc21. The van der Waals surface area contributed by atoms with Crippen LogP contribution in [-0.2, 0) is 7.05 Å². The van der Waals surface area contributed by atoms with Crippen LogP contribution >= 0.6 is 0 Å². The van der Waals surface area contributed by atoms with Crippen LogP contribution in [0.2, 0.25) is 0 Å². The van der Waals surface area contributed by atoms with Crippen LogP contribution in [0.15, 0.2) is 34.2 Å². The summed E-state index contributed by atoms with van der Waals surface area (Å²) in [6.07, 6.45) is 3.25. The van der Waals surface area contributed by atoms with E-state index in [-0.39, 0.29) is 17.5 Å². The molecule has 0 spiro atoms. The zero-order valence-electron chi connectivity index (χ0n) is 12.4. The van der Waals surface area contributed by atoms with Crippen LogP contribution in [0.25, 0.3) is 21.5 Å². The van der Waals surface area contributed by atoms with Gasteiger partial charge in [-0.1, -0.05) is 17.2 Å². The molecule has 1 aromatic carbocycles. The van der Waals surface area contributed by atoms with E-state index in [0.717, 1.165) is 30.3 Å². The van der Waals surface area contributed by atoms with Crippen molar-refractivity contribution in [3.8, 4) is 0 Å². The highest BCUT2D eigenvalue weighted by atomic mass is 16.1. The normalized spacial score (nSPS) is 29.7. The highest BCUT2D eigenvalue weighted by molar-refractivity contribution is 5.74. The minimum Gasteiger partial charge on any atom is -0.308 e. The molecule has 22 heavy (non-hydrogen) atoms. The lowest BCUT2D eigenvalue weighted by molar-refractivity contribution is 0.357. The lowest BCUT2D eigenvalue weighted by atomic mass is 9.82. The molecule has 0 aliphatic heterocycles. The van der Waals surface area contributed by atoms with Gasteiger partial charge in [0, 0.05) is 23.9 Å². The van der Waals surface area contributed by atoms with E-state index >= 15 is 0 Å². The molecule has 0 N–H and O–H groups in total. The van der Waals surface area contributed by atoms with Crippen molar-refractivity contribution in [1.29, 1.82) is 0 Å². The van der Waals surface area contributed by atoms with Crippen molar-refractivity contribution in [3.05, 3.63) is 50.8 Å². The third-order valence-corrected chi connectivity index (χ3v) is 5.38. The van der Waals surface area contributed by atoms with Crippen molar-refractivity contribution in [2.24, 2.45) is 24.0 Å². The van der Waals surface area contributed by atoms with Crippen LogP contribution in [0.1, 0.15) is 30.9 Å². The average Bonchev–Trinajstić information content (AvgIpc) is 3.13. The Bertz CT molecular complexity index is 851. The van der Waals surface area contributed by atoms with Crippen molar-refractivity contribution >= 4 is 11.0 Å². The molecular weight excluding hydrogens is 278 g/mol. The first-order valence-electron chi connectivity index (χ1n) is 7.70. The molecule has 6 nitrogen and oxygen atoms in total. The number of hydrogen-bond donors (Lipinski definition) is 0. The molecule has 0 saturated heterocycles. The molecule has 4 rings (SSSR count). The molecule has 4 atom stereocenters. The third kappa shape index (κ3) is 1.77. The third-order valence-electron chi connectivity index (χ3n) is 5.38. The number of azide groups is 1. The van der Waals surface area contributed by atoms with Crippen LogP contribution in [0.5, 0.6) is 0 Å². The van der Waals surface area contributed by atoms with Crippen LogP contribution in [0.3, 0.4) is 0 Å². The summed E-state index contributed by atoms with van der Waals surface area (Å²) in [5.74, 6) is 0.795. The molecular formula is C16H17N5O. The topological polar surface area (TPSA) is 83.7 Å². The van der Waals surface area contributed by atoms with Gasteiger partial charge in [0.15, 0.2) is 0 Å². The summed E-state index contributed by atoms with van der Waals surface area (Å²) in [6.45, 7) is 0. The minimum atomic E-state index is -0.120. The van der Waals surface area contributed by atoms with Crippen LogP contribution < -0.4 is 5.56 Å². The van der Waals surface area contributed by atoms with Gasteiger partial charge in [0.2, 0.25) is 0 Å². The lowest BCUT2D eigenvalue weighted by Gasteiger charge is -2.27. The maximum Gasteiger partial charge on any atom is 0.272 e. The Morgan fingerprint density at radius 2 is 2.09 bits per heavy atom. The Labute approximate surface area is 127 Å². The van der Waals surface area contributed by atoms with E-state index in [1.54, 1.807) is 11.6 Å². The van der Waals surface area contributed by atoms with Crippen LogP contribution in [0.4, 0.5) is 0 Å². The molecule has 2 bridgehead atoms. The Morgan fingerprint density at radius 3 is 2.91 bits per heavy atom. The van der Waals surface area contributed by atoms with E-state index in [4.69, 9.17) is 5.53 Å². The Balaban J connectivity index is 1.92. The van der Waals surface area contributed by atoms with Gasteiger partial charge in [0.25, 0.3) is 5.56 Å². The van der Waals surface area contributed by atoms with Gasteiger partial charge in [-0.15, -0.1) is 0 Å². The van der Waals surface area contributed by atoms with E-state index in [1.807, 2.05) is 24.3 Å². The summed E-state index contributed by atoms with van der Waals surface area (Å²) in [4.78, 5) is 20.4. The molecule has 2 fully saturated rings. The van der Waals surface area contributed by atoms with Gasteiger partial charge in [-0.2, -0.15) is 0 Å². The van der Waals surface area contributed by atoms with E-state index in [2.05, 4.69) is 15.0 Å². The summed E-state index contributed by atoms with van der Waals surface area (Å²) in [5.41, 5.74) is 11.0. The fourth-order valence-corrected chi connectivity index (χ4v) is 4.39. The maximum absolute atomic E-state index is 12.8. The molecule has 0 amide bonds. The second-order valence-corrected chi connectivity index (χ2v) is 6.40. The van der Waals surface area contributed by atoms with Gasteiger partial charge in [-0.05, 0) is 48.8 Å². The molecule has 1 aromatic heterocycles. The van der Waals surface area contributed by atoms with Crippen molar-refractivity contribution in [3.63, 3.8) is 0 Å². The van der Waals surface area contributed by atoms with Crippen LogP contribution in [-0.4, -0.2) is 15.6 Å². The molecule has 1 heterocycles. The molecule has 6 heteroatoms. The molecule has 0 unspecified atom stereocenters. The number of aryl methyl sites for hydroxylation is 1. The smallest absolute Gasteiger partial charge is 0.272 e. The molecule has 2 aliphatic rings. The van der Waals surface area contributed by atoms with Gasteiger partial charge in [0.1, 0.15) is 5.69 Å². The quantitative estimate of drug-likeness (QED) is 0.484. The second-order valence-electron chi connectivity index (χ2n) is 6.40. The number of rotatable bonds is 2. The van der Waals surface area contributed by atoms with Gasteiger partial charge in [-0.25, -0.2) is 4.98 Å².